The Labute approximate surface area is 125 Å². The van der Waals surface area contributed by atoms with E-state index in [9.17, 15) is 4.79 Å². The minimum absolute atomic E-state index is 0.000622. The lowest BCUT2D eigenvalue weighted by Gasteiger charge is -2.29. The molecule has 1 unspecified atom stereocenters. The number of amides is 1. The fraction of sp³-hybridized carbons (Fsp3) is 0.200. The van der Waals surface area contributed by atoms with Crippen LogP contribution < -0.4 is 5.32 Å². The number of hydrogen-bond acceptors (Lipinski definition) is 3. The third-order valence-electron chi connectivity index (χ3n) is 3.42. The molecule has 2 aromatic rings. The SMILES string of the molecule is CC1(c2ccccn2)OCC(=O)Nc2ccc(Br)cc21. The van der Waals surface area contributed by atoms with E-state index in [-0.39, 0.29) is 12.5 Å². The number of ether oxygens (including phenoxy) is 1. The molecule has 1 N–H and O–H groups in total. The highest BCUT2D eigenvalue weighted by Crippen LogP contribution is 2.39. The normalized spacial score (nSPS) is 21.8. The number of benzene rings is 1. The molecule has 5 heteroatoms. The van der Waals surface area contributed by atoms with Gasteiger partial charge in [0.05, 0.1) is 5.69 Å². The van der Waals surface area contributed by atoms with E-state index >= 15 is 0 Å². The maximum Gasteiger partial charge on any atom is 0.250 e. The fourth-order valence-electron chi connectivity index (χ4n) is 2.35. The molecule has 0 saturated carbocycles. The molecule has 0 fully saturated rings. The van der Waals surface area contributed by atoms with Crippen molar-refractivity contribution in [2.45, 2.75) is 12.5 Å². The summed E-state index contributed by atoms with van der Waals surface area (Å²) in [7, 11) is 0. The second-order valence-electron chi connectivity index (χ2n) is 4.77. The van der Waals surface area contributed by atoms with Gasteiger partial charge in [0.25, 0.3) is 0 Å². The standard InChI is InChI=1S/C15H13BrN2O2/c1-15(13-4-2-3-7-17-13)11-8-10(16)5-6-12(11)18-14(19)9-20-15/h2-8H,9H2,1H3,(H,18,19). The van der Waals surface area contributed by atoms with Crippen LogP contribution in [0.15, 0.2) is 47.1 Å². The van der Waals surface area contributed by atoms with Gasteiger partial charge in [-0.25, -0.2) is 0 Å². The lowest BCUT2D eigenvalue weighted by atomic mass is 9.90. The number of pyridine rings is 1. The van der Waals surface area contributed by atoms with Crippen LogP contribution in [0.25, 0.3) is 0 Å². The molecule has 0 spiro atoms. The summed E-state index contributed by atoms with van der Waals surface area (Å²) in [6, 6.07) is 11.4. The van der Waals surface area contributed by atoms with Crippen molar-refractivity contribution in [2.75, 3.05) is 11.9 Å². The summed E-state index contributed by atoms with van der Waals surface area (Å²) in [5.74, 6) is -0.159. The van der Waals surface area contributed by atoms with Crippen molar-refractivity contribution < 1.29 is 9.53 Å². The van der Waals surface area contributed by atoms with Gasteiger partial charge in [-0.1, -0.05) is 22.0 Å². The molecule has 1 atom stereocenters. The molecule has 20 heavy (non-hydrogen) atoms. The summed E-state index contributed by atoms with van der Waals surface area (Å²) in [6.45, 7) is 1.93. The third kappa shape index (κ3) is 2.23. The summed E-state index contributed by atoms with van der Waals surface area (Å²) < 4.78 is 6.80. The molecule has 0 bridgehead atoms. The number of rotatable bonds is 1. The molecule has 0 saturated heterocycles. The highest BCUT2D eigenvalue weighted by atomic mass is 79.9. The smallest absolute Gasteiger partial charge is 0.250 e. The van der Waals surface area contributed by atoms with Gasteiger partial charge in [0.1, 0.15) is 12.2 Å². The van der Waals surface area contributed by atoms with E-state index in [2.05, 4.69) is 26.2 Å². The number of nitrogens with one attached hydrogen (secondary N) is 1. The van der Waals surface area contributed by atoms with Gasteiger partial charge in [-0.05, 0) is 37.3 Å². The van der Waals surface area contributed by atoms with Crippen LogP contribution in [0.3, 0.4) is 0 Å². The van der Waals surface area contributed by atoms with Gasteiger partial charge < -0.3 is 10.1 Å². The molecule has 0 radical (unpaired) electrons. The molecule has 1 aromatic carbocycles. The molecule has 1 aromatic heterocycles. The number of anilines is 1. The summed E-state index contributed by atoms with van der Waals surface area (Å²) in [5.41, 5.74) is 1.65. The highest BCUT2D eigenvalue weighted by molar-refractivity contribution is 9.10. The number of carbonyl (C=O) groups excluding carboxylic acids is 1. The molecule has 0 aliphatic carbocycles. The molecule has 2 heterocycles. The number of aromatic nitrogens is 1. The largest absolute Gasteiger partial charge is 0.354 e. The van der Waals surface area contributed by atoms with Crippen LogP contribution in [0.1, 0.15) is 18.2 Å². The number of fused-ring (bicyclic) bond motifs is 1. The third-order valence-corrected chi connectivity index (χ3v) is 3.91. The Morgan fingerprint density at radius 1 is 1.35 bits per heavy atom. The van der Waals surface area contributed by atoms with Gasteiger partial charge >= 0.3 is 0 Å². The van der Waals surface area contributed by atoms with Gasteiger partial charge in [-0.15, -0.1) is 0 Å². The zero-order valence-electron chi connectivity index (χ0n) is 10.9. The monoisotopic (exact) mass is 332 g/mol. The van der Waals surface area contributed by atoms with E-state index in [1.54, 1.807) is 6.20 Å². The molecule has 102 valence electrons. The predicted molar refractivity (Wildman–Crippen MR) is 79.4 cm³/mol. The van der Waals surface area contributed by atoms with Crippen molar-refractivity contribution in [3.8, 4) is 0 Å². The Bertz CT molecular complexity index is 660. The number of hydrogen-bond donors (Lipinski definition) is 1. The molecule has 1 aliphatic heterocycles. The van der Waals surface area contributed by atoms with Crippen LogP contribution in [0.5, 0.6) is 0 Å². The van der Waals surface area contributed by atoms with Crippen molar-refractivity contribution in [3.05, 3.63) is 58.3 Å². The molecular formula is C15H13BrN2O2. The maximum absolute atomic E-state index is 11.8. The van der Waals surface area contributed by atoms with Gasteiger partial charge in [-0.3, -0.25) is 9.78 Å². The first kappa shape index (κ1) is 13.3. The van der Waals surface area contributed by atoms with Crippen molar-refractivity contribution >= 4 is 27.5 Å². The van der Waals surface area contributed by atoms with E-state index in [1.165, 1.54) is 0 Å². The first-order chi connectivity index (χ1) is 9.59. The minimum atomic E-state index is -0.764. The Morgan fingerprint density at radius 3 is 2.95 bits per heavy atom. The van der Waals surface area contributed by atoms with Crippen LogP contribution in [-0.2, 0) is 15.1 Å². The molecule has 1 amide bonds. The van der Waals surface area contributed by atoms with Gasteiger partial charge in [0, 0.05) is 21.9 Å². The zero-order valence-corrected chi connectivity index (χ0v) is 12.5. The lowest BCUT2D eigenvalue weighted by Crippen LogP contribution is -2.29. The average molecular weight is 333 g/mol. The van der Waals surface area contributed by atoms with Crippen molar-refractivity contribution in [3.63, 3.8) is 0 Å². The van der Waals surface area contributed by atoms with E-state index in [0.29, 0.717) is 0 Å². The molecule has 1 aliphatic rings. The van der Waals surface area contributed by atoms with Crippen LogP contribution in [0, 0.1) is 0 Å². The summed E-state index contributed by atoms with van der Waals surface area (Å²) >= 11 is 3.47. The second kappa shape index (κ2) is 5.00. The summed E-state index contributed by atoms with van der Waals surface area (Å²) in [4.78, 5) is 16.2. The summed E-state index contributed by atoms with van der Waals surface area (Å²) in [5, 5.41) is 2.86. The molecule has 3 rings (SSSR count). The van der Waals surface area contributed by atoms with Crippen LogP contribution >= 0.6 is 15.9 Å². The Morgan fingerprint density at radius 2 is 2.20 bits per heavy atom. The number of nitrogens with zero attached hydrogens (tertiary/aromatic N) is 1. The van der Waals surface area contributed by atoms with Gasteiger partial charge in [-0.2, -0.15) is 0 Å². The Kier molecular flexibility index (Phi) is 3.31. The molecule has 4 nitrogen and oxygen atoms in total. The quantitative estimate of drug-likeness (QED) is 0.873. The van der Waals surface area contributed by atoms with E-state index in [1.807, 2.05) is 43.3 Å². The lowest BCUT2D eigenvalue weighted by molar-refractivity contribution is -0.124. The average Bonchev–Trinajstić information content (AvgIpc) is 2.59. The van der Waals surface area contributed by atoms with Gasteiger partial charge in [0.2, 0.25) is 5.91 Å². The zero-order chi connectivity index (χ0) is 14.2. The second-order valence-corrected chi connectivity index (χ2v) is 5.69. The maximum atomic E-state index is 11.8. The Hall–Kier alpha value is -1.72. The van der Waals surface area contributed by atoms with Crippen LogP contribution in [-0.4, -0.2) is 17.5 Å². The summed E-state index contributed by atoms with van der Waals surface area (Å²) in [6.07, 6.45) is 1.72. The van der Waals surface area contributed by atoms with Crippen molar-refractivity contribution in [1.82, 2.24) is 4.98 Å². The fourth-order valence-corrected chi connectivity index (χ4v) is 2.71. The minimum Gasteiger partial charge on any atom is -0.354 e. The Balaban J connectivity index is 2.21. The van der Waals surface area contributed by atoms with E-state index in [0.717, 1.165) is 21.4 Å². The number of halogens is 1. The van der Waals surface area contributed by atoms with Gasteiger partial charge in [0.15, 0.2) is 0 Å². The predicted octanol–water partition coefficient (Wildman–Crippen LogP) is 3.08. The van der Waals surface area contributed by atoms with Crippen molar-refractivity contribution in [2.24, 2.45) is 0 Å². The molecular weight excluding hydrogens is 320 g/mol. The highest BCUT2D eigenvalue weighted by Gasteiger charge is 2.37. The van der Waals surface area contributed by atoms with E-state index < -0.39 is 5.60 Å². The number of carbonyl (C=O) groups is 1. The first-order valence-electron chi connectivity index (χ1n) is 6.25. The van der Waals surface area contributed by atoms with Crippen LogP contribution in [0.2, 0.25) is 0 Å². The van der Waals surface area contributed by atoms with Crippen molar-refractivity contribution in [1.29, 1.82) is 0 Å². The van der Waals surface area contributed by atoms with Crippen LogP contribution in [0.4, 0.5) is 5.69 Å². The topological polar surface area (TPSA) is 51.2 Å². The van der Waals surface area contributed by atoms with E-state index in [4.69, 9.17) is 4.74 Å². The first-order valence-corrected chi connectivity index (χ1v) is 7.04.